The van der Waals surface area contributed by atoms with E-state index in [4.69, 9.17) is 5.73 Å². The average Bonchev–Trinajstić information content (AvgIpc) is 2.97. The van der Waals surface area contributed by atoms with Crippen LogP contribution in [0.4, 0.5) is 0 Å². The first kappa shape index (κ1) is 20.0. The molecule has 120 valence electrons. The van der Waals surface area contributed by atoms with Crippen LogP contribution >= 0.6 is 24.8 Å². The van der Waals surface area contributed by atoms with E-state index in [1.165, 1.54) is 0 Å². The van der Waals surface area contributed by atoms with Crippen LogP contribution in [-0.2, 0) is 4.79 Å². The van der Waals surface area contributed by atoms with Crippen LogP contribution in [0.5, 0.6) is 0 Å². The predicted molar refractivity (Wildman–Crippen MR) is 87.7 cm³/mol. The summed E-state index contributed by atoms with van der Waals surface area (Å²) in [6.45, 7) is 6.24. The topological polar surface area (TPSA) is 49.6 Å². The highest BCUT2D eigenvalue weighted by Gasteiger charge is 2.36. The van der Waals surface area contributed by atoms with Crippen molar-refractivity contribution in [2.75, 3.05) is 33.2 Å². The molecular formula is C14H29Cl2N3O. The van der Waals surface area contributed by atoms with Gasteiger partial charge < -0.3 is 15.5 Å². The van der Waals surface area contributed by atoms with Crippen molar-refractivity contribution in [3.8, 4) is 0 Å². The Morgan fingerprint density at radius 3 is 2.55 bits per heavy atom. The number of carbonyl (C=O) groups excluding carboxylic acids is 1. The number of nitrogens with two attached hydrogens (primary N) is 1. The van der Waals surface area contributed by atoms with Gasteiger partial charge in [0.2, 0.25) is 5.91 Å². The largest absolute Gasteiger partial charge is 0.342 e. The molecule has 0 radical (unpaired) electrons. The van der Waals surface area contributed by atoms with Crippen molar-refractivity contribution in [2.24, 2.45) is 17.6 Å². The Hall–Kier alpha value is -0.0300. The molecule has 0 bridgehead atoms. The van der Waals surface area contributed by atoms with E-state index in [-0.39, 0.29) is 36.8 Å². The average molecular weight is 326 g/mol. The van der Waals surface area contributed by atoms with Crippen molar-refractivity contribution in [3.63, 3.8) is 0 Å². The lowest BCUT2D eigenvalue weighted by atomic mass is 10.0. The van der Waals surface area contributed by atoms with Crippen LogP contribution in [0.15, 0.2) is 0 Å². The molecule has 2 aliphatic rings. The first-order valence-corrected chi connectivity index (χ1v) is 7.34. The molecule has 0 aromatic carbocycles. The summed E-state index contributed by atoms with van der Waals surface area (Å²) in [5.74, 6) is 1.07. The van der Waals surface area contributed by atoms with Crippen LogP contribution in [0, 0.1) is 11.8 Å². The Morgan fingerprint density at radius 2 is 2.00 bits per heavy atom. The number of likely N-dealkylation sites (tertiary alicyclic amines) is 1. The van der Waals surface area contributed by atoms with Crippen LogP contribution in [0.1, 0.15) is 32.6 Å². The Kier molecular flexibility index (Phi) is 9.07. The van der Waals surface area contributed by atoms with E-state index in [1.54, 1.807) is 0 Å². The maximum atomic E-state index is 12.4. The molecule has 1 heterocycles. The molecule has 2 fully saturated rings. The SMILES string of the molecule is CCN(C)CC1CCN(C(=O)C2CCCC2N)C1.Cl.Cl. The highest BCUT2D eigenvalue weighted by molar-refractivity contribution is 5.85. The van der Waals surface area contributed by atoms with Crippen LogP contribution in [0.2, 0.25) is 0 Å². The Balaban J connectivity index is 0.00000180. The molecule has 0 aromatic rings. The maximum Gasteiger partial charge on any atom is 0.227 e. The smallest absolute Gasteiger partial charge is 0.227 e. The van der Waals surface area contributed by atoms with Gasteiger partial charge in [-0.1, -0.05) is 13.3 Å². The molecule has 1 aliphatic heterocycles. The quantitative estimate of drug-likeness (QED) is 0.856. The summed E-state index contributed by atoms with van der Waals surface area (Å²) in [6, 6.07) is 0.106. The lowest BCUT2D eigenvalue weighted by molar-refractivity contribution is -0.134. The molecule has 4 nitrogen and oxygen atoms in total. The molecule has 0 aromatic heterocycles. The van der Waals surface area contributed by atoms with Gasteiger partial charge in [-0.25, -0.2) is 0 Å². The molecule has 2 rings (SSSR count). The molecule has 1 saturated heterocycles. The van der Waals surface area contributed by atoms with Crippen LogP contribution in [0.3, 0.4) is 0 Å². The van der Waals surface area contributed by atoms with E-state index < -0.39 is 0 Å². The highest BCUT2D eigenvalue weighted by Crippen LogP contribution is 2.28. The number of hydrogen-bond acceptors (Lipinski definition) is 3. The summed E-state index contributed by atoms with van der Waals surface area (Å²) in [7, 11) is 2.15. The minimum atomic E-state index is 0. The molecule has 1 amide bonds. The van der Waals surface area contributed by atoms with Gasteiger partial charge in [0.1, 0.15) is 0 Å². The van der Waals surface area contributed by atoms with Crippen molar-refractivity contribution in [1.29, 1.82) is 0 Å². The molecule has 2 N–H and O–H groups in total. The van der Waals surface area contributed by atoms with Gasteiger partial charge >= 0.3 is 0 Å². The van der Waals surface area contributed by atoms with Crippen molar-refractivity contribution < 1.29 is 4.79 Å². The molecular weight excluding hydrogens is 297 g/mol. The van der Waals surface area contributed by atoms with Gasteiger partial charge in [0.15, 0.2) is 0 Å². The third-order valence-electron chi connectivity index (χ3n) is 4.59. The summed E-state index contributed by atoms with van der Waals surface area (Å²) in [5.41, 5.74) is 6.03. The van der Waals surface area contributed by atoms with Crippen LogP contribution < -0.4 is 5.73 Å². The monoisotopic (exact) mass is 325 g/mol. The van der Waals surface area contributed by atoms with Crippen LogP contribution in [0.25, 0.3) is 0 Å². The van der Waals surface area contributed by atoms with Gasteiger partial charge in [0.05, 0.1) is 5.92 Å². The van der Waals surface area contributed by atoms with E-state index in [0.29, 0.717) is 11.8 Å². The molecule has 3 atom stereocenters. The van der Waals surface area contributed by atoms with E-state index >= 15 is 0 Å². The number of carbonyl (C=O) groups is 1. The molecule has 20 heavy (non-hydrogen) atoms. The number of amides is 1. The number of halogens is 2. The first-order valence-electron chi connectivity index (χ1n) is 7.34. The summed E-state index contributed by atoms with van der Waals surface area (Å²) in [6.07, 6.45) is 4.29. The summed E-state index contributed by atoms with van der Waals surface area (Å²) in [5, 5.41) is 0. The molecule has 3 unspecified atom stereocenters. The van der Waals surface area contributed by atoms with Gasteiger partial charge in [0, 0.05) is 25.7 Å². The number of rotatable bonds is 4. The fraction of sp³-hybridized carbons (Fsp3) is 0.929. The van der Waals surface area contributed by atoms with Crippen LogP contribution in [-0.4, -0.2) is 55.0 Å². The van der Waals surface area contributed by atoms with Crippen molar-refractivity contribution >= 4 is 30.7 Å². The zero-order chi connectivity index (χ0) is 13.1. The minimum Gasteiger partial charge on any atom is -0.342 e. The Bertz CT molecular complexity index is 304. The number of hydrogen-bond donors (Lipinski definition) is 1. The minimum absolute atomic E-state index is 0. The fourth-order valence-corrected chi connectivity index (χ4v) is 3.28. The van der Waals surface area contributed by atoms with Crippen molar-refractivity contribution in [3.05, 3.63) is 0 Å². The van der Waals surface area contributed by atoms with E-state index in [0.717, 1.165) is 51.9 Å². The van der Waals surface area contributed by atoms with E-state index in [1.807, 2.05) is 0 Å². The second kappa shape index (κ2) is 9.08. The zero-order valence-electron chi connectivity index (χ0n) is 12.6. The second-order valence-electron chi connectivity index (χ2n) is 6.00. The summed E-state index contributed by atoms with van der Waals surface area (Å²) >= 11 is 0. The Morgan fingerprint density at radius 1 is 1.30 bits per heavy atom. The van der Waals surface area contributed by atoms with Gasteiger partial charge in [-0.3, -0.25) is 4.79 Å². The fourth-order valence-electron chi connectivity index (χ4n) is 3.28. The number of nitrogens with zero attached hydrogens (tertiary/aromatic N) is 2. The molecule has 1 aliphatic carbocycles. The maximum absolute atomic E-state index is 12.4. The van der Waals surface area contributed by atoms with Gasteiger partial charge in [-0.05, 0) is 38.8 Å². The van der Waals surface area contributed by atoms with E-state index in [9.17, 15) is 4.79 Å². The zero-order valence-corrected chi connectivity index (χ0v) is 14.2. The predicted octanol–water partition coefficient (Wildman–Crippen LogP) is 1.76. The third-order valence-corrected chi connectivity index (χ3v) is 4.59. The lowest BCUT2D eigenvalue weighted by Crippen LogP contribution is -2.41. The standard InChI is InChI=1S/C14H27N3O.2ClH/c1-3-16(2)9-11-7-8-17(10-11)14(18)12-5-4-6-13(12)15;;/h11-13H,3-10,15H2,1-2H3;2*1H. The normalized spacial score (nSPS) is 29.2. The van der Waals surface area contributed by atoms with Crippen molar-refractivity contribution in [2.45, 2.75) is 38.6 Å². The summed E-state index contributed by atoms with van der Waals surface area (Å²) in [4.78, 5) is 16.8. The third kappa shape index (κ3) is 4.76. The first-order chi connectivity index (χ1) is 8.61. The summed E-state index contributed by atoms with van der Waals surface area (Å²) < 4.78 is 0. The highest BCUT2D eigenvalue weighted by atomic mass is 35.5. The second-order valence-corrected chi connectivity index (χ2v) is 6.00. The molecule has 1 saturated carbocycles. The van der Waals surface area contributed by atoms with Crippen molar-refractivity contribution in [1.82, 2.24) is 9.80 Å². The Labute approximate surface area is 135 Å². The lowest BCUT2D eigenvalue weighted by Gasteiger charge is -2.24. The van der Waals surface area contributed by atoms with E-state index in [2.05, 4.69) is 23.8 Å². The molecule has 0 spiro atoms. The molecule has 6 heteroatoms. The van der Waals surface area contributed by atoms with Gasteiger partial charge in [-0.15, -0.1) is 24.8 Å². The van der Waals surface area contributed by atoms with Gasteiger partial charge in [-0.2, -0.15) is 0 Å². The van der Waals surface area contributed by atoms with Gasteiger partial charge in [0.25, 0.3) is 0 Å².